The van der Waals surface area contributed by atoms with Crippen molar-refractivity contribution in [1.82, 2.24) is 4.90 Å². The Hall–Kier alpha value is -2.28. The molecule has 1 atom stereocenters. The largest absolute Gasteiger partial charge is 0.488 e. The van der Waals surface area contributed by atoms with Crippen LogP contribution >= 0.6 is 0 Å². The van der Waals surface area contributed by atoms with Crippen LogP contribution in [0.5, 0.6) is 5.75 Å². The molecule has 0 amide bonds. The normalized spacial score (nSPS) is 19.9. The molecule has 1 fully saturated rings. The van der Waals surface area contributed by atoms with E-state index in [1.165, 1.54) is 11.1 Å². The van der Waals surface area contributed by atoms with E-state index < -0.39 is 0 Å². The minimum Gasteiger partial charge on any atom is -0.488 e. The molecule has 27 heavy (non-hydrogen) atoms. The van der Waals surface area contributed by atoms with E-state index in [1.54, 1.807) is 0 Å². The quantitative estimate of drug-likeness (QED) is 0.748. The Morgan fingerprint density at radius 1 is 1.04 bits per heavy atom. The SMILES string of the molecule is CC1(C)CCc2cc(C(C#Cc3ccccc3)N3CCOCC3)ccc2O1. The second-order valence-electron chi connectivity index (χ2n) is 7.92. The van der Waals surface area contributed by atoms with Crippen LogP contribution in [-0.4, -0.2) is 36.8 Å². The summed E-state index contributed by atoms with van der Waals surface area (Å²) < 4.78 is 11.7. The van der Waals surface area contributed by atoms with Crippen LogP contribution in [0.15, 0.2) is 48.5 Å². The number of hydrogen-bond acceptors (Lipinski definition) is 3. The zero-order chi connectivity index (χ0) is 18.7. The fraction of sp³-hybridized carbons (Fsp3) is 0.417. The molecular formula is C24H27NO2. The molecule has 0 spiro atoms. The molecular weight excluding hydrogens is 334 g/mol. The molecule has 0 radical (unpaired) electrons. The van der Waals surface area contributed by atoms with Gasteiger partial charge in [-0.3, -0.25) is 4.90 Å². The molecule has 3 nitrogen and oxygen atoms in total. The van der Waals surface area contributed by atoms with Crippen molar-refractivity contribution < 1.29 is 9.47 Å². The summed E-state index contributed by atoms with van der Waals surface area (Å²) in [5.74, 6) is 7.91. The molecule has 1 unspecified atom stereocenters. The van der Waals surface area contributed by atoms with Crippen molar-refractivity contribution in [2.45, 2.75) is 38.3 Å². The Morgan fingerprint density at radius 3 is 2.59 bits per heavy atom. The summed E-state index contributed by atoms with van der Waals surface area (Å²) in [6.45, 7) is 7.68. The first-order chi connectivity index (χ1) is 13.1. The van der Waals surface area contributed by atoms with Gasteiger partial charge in [-0.05, 0) is 62.1 Å². The number of nitrogens with zero attached hydrogens (tertiary/aromatic N) is 1. The van der Waals surface area contributed by atoms with E-state index >= 15 is 0 Å². The van der Waals surface area contributed by atoms with Gasteiger partial charge in [0.05, 0.1) is 19.3 Å². The third kappa shape index (κ3) is 4.35. The minimum absolute atomic E-state index is 0.0781. The Balaban J connectivity index is 1.65. The smallest absolute Gasteiger partial charge is 0.123 e. The second-order valence-corrected chi connectivity index (χ2v) is 7.92. The summed E-state index contributed by atoms with van der Waals surface area (Å²) >= 11 is 0. The van der Waals surface area contributed by atoms with Crippen LogP contribution in [0.25, 0.3) is 0 Å². The second kappa shape index (κ2) is 7.76. The number of fused-ring (bicyclic) bond motifs is 1. The van der Waals surface area contributed by atoms with Crippen LogP contribution in [0.2, 0.25) is 0 Å². The van der Waals surface area contributed by atoms with Gasteiger partial charge in [-0.25, -0.2) is 0 Å². The van der Waals surface area contributed by atoms with Crippen molar-refractivity contribution in [2.24, 2.45) is 0 Å². The highest BCUT2D eigenvalue weighted by Gasteiger charge is 2.28. The lowest BCUT2D eigenvalue weighted by Gasteiger charge is -2.34. The van der Waals surface area contributed by atoms with Gasteiger partial charge >= 0.3 is 0 Å². The number of hydrogen-bond donors (Lipinski definition) is 0. The molecule has 2 aromatic rings. The van der Waals surface area contributed by atoms with Crippen LogP contribution in [0, 0.1) is 11.8 Å². The first-order valence-corrected chi connectivity index (χ1v) is 9.81. The number of morpholine rings is 1. The molecule has 2 aromatic carbocycles. The molecule has 0 aliphatic carbocycles. The molecule has 140 valence electrons. The maximum absolute atomic E-state index is 6.16. The topological polar surface area (TPSA) is 21.7 Å². The van der Waals surface area contributed by atoms with Crippen molar-refractivity contribution in [3.63, 3.8) is 0 Å². The van der Waals surface area contributed by atoms with Gasteiger partial charge in [0.25, 0.3) is 0 Å². The van der Waals surface area contributed by atoms with Gasteiger partial charge in [-0.2, -0.15) is 0 Å². The molecule has 3 heteroatoms. The summed E-state index contributed by atoms with van der Waals surface area (Å²) in [7, 11) is 0. The molecule has 0 saturated carbocycles. The number of benzene rings is 2. The van der Waals surface area contributed by atoms with Crippen LogP contribution in [-0.2, 0) is 11.2 Å². The molecule has 1 saturated heterocycles. The highest BCUT2D eigenvalue weighted by Crippen LogP contribution is 2.35. The first kappa shape index (κ1) is 18.1. The zero-order valence-corrected chi connectivity index (χ0v) is 16.2. The van der Waals surface area contributed by atoms with Gasteiger partial charge in [-0.15, -0.1) is 0 Å². The number of rotatable bonds is 2. The zero-order valence-electron chi connectivity index (χ0n) is 16.2. The van der Waals surface area contributed by atoms with Crippen LogP contribution < -0.4 is 4.74 Å². The Morgan fingerprint density at radius 2 is 1.81 bits per heavy atom. The summed E-state index contributed by atoms with van der Waals surface area (Å²) in [6, 6.07) is 16.9. The summed E-state index contributed by atoms with van der Waals surface area (Å²) in [5, 5.41) is 0. The van der Waals surface area contributed by atoms with Crippen LogP contribution in [0.3, 0.4) is 0 Å². The lowest BCUT2D eigenvalue weighted by Crippen LogP contribution is -2.38. The maximum atomic E-state index is 6.16. The highest BCUT2D eigenvalue weighted by molar-refractivity contribution is 5.44. The van der Waals surface area contributed by atoms with E-state index in [0.29, 0.717) is 0 Å². The third-order valence-corrected chi connectivity index (χ3v) is 5.32. The maximum Gasteiger partial charge on any atom is 0.123 e. The van der Waals surface area contributed by atoms with Crippen molar-refractivity contribution in [1.29, 1.82) is 0 Å². The number of aryl methyl sites for hydroxylation is 1. The van der Waals surface area contributed by atoms with E-state index in [1.807, 2.05) is 18.2 Å². The molecule has 0 aromatic heterocycles. The van der Waals surface area contributed by atoms with E-state index in [2.05, 4.69) is 60.9 Å². The van der Waals surface area contributed by atoms with Crippen LogP contribution in [0.4, 0.5) is 0 Å². The molecule has 2 heterocycles. The van der Waals surface area contributed by atoms with Crippen molar-refractivity contribution in [2.75, 3.05) is 26.3 Å². The van der Waals surface area contributed by atoms with Gasteiger partial charge in [0.15, 0.2) is 0 Å². The number of ether oxygens (including phenoxy) is 2. The van der Waals surface area contributed by atoms with Crippen LogP contribution in [0.1, 0.15) is 43.0 Å². The fourth-order valence-electron chi connectivity index (χ4n) is 3.74. The predicted octanol–water partition coefficient (Wildman–Crippen LogP) is 4.22. The molecule has 2 aliphatic heterocycles. The highest BCUT2D eigenvalue weighted by atomic mass is 16.5. The van der Waals surface area contributed by atoms with Gasteiger partial charge < -0.3 is 9.47 Å². The minimum atomic E-state index is -0.0781. The van der Waals surface area contributed by atoms with E-state index in [4.69, 9.17) is 9.47 Å². The summed E-state index contributed by atoms with van der Waals surface area (Å²) in [5.41, 5.74) is 3.53. The lowest BCUT2D eigenvalue weighted by molar-refractivity contribution is 0.0269. The van der Waals surface area contributed by atoms with Crippen molar-refractivity contribution in [3.05, 3.63) is 65.2 Å². The first-order valence-electron chi connectivity index (χ1n) is 9.81. The average Bonchev–Trinajstić information content (AvgIpc) is 2.69. The van der Waals surface area contributed by atoms with Gasteiger partial charge in [-0.1, -0.05) is 36.1 Å². The lowest BCUT2D eigenvalue weighted by atomic mass is 9.92. The monoisotopic (exact) mass is 361 g/mol. The van der Waals surface area contributed by atoms with Crippen molar-refractivity contribution in [3.8, 4) is 17.6 Å². The molecule has 2 aliphatic rings. The molecule has 4 rings (SSSR count). The standard InChI is InChI=1S/C24H27NO2/c1-24(2)13-12-21-18-20(9-11-23(21)27-24)22(25-14-16-26-17-15-25)10-8-19-6-4-3-5-7-19/h3-7,9,11,18,22H,12-17H2,1-2H3. The summed E-state index contributed by atoms with van der Waals surface area (Å²) in [6.07, 6.45) is 2.10. The Labute approximate surface area is 162 Å². The Bertz CT molecular complexity index is 842. The summed E-state index contributed by atoms with van der Waals surface area (Å²) in [4.78, 5) is 2.43. The Kier molecular flexibility index (Phi) is 5.20. The third-order valence-electron chi connectivity index (χ3n) is 5.32. The predicted molar refractivity (Wildman–Crippen MR) is 108 cm³/mol. The molecule has 0 N–H and O–H groups in total. The van der Waals surface area contributed by atoms with Gasteiger partial charge in [0.1, 0.15) is 11.4 Å². The fourth-order valence-corrected chi connectivity index (χ4v) is 3.74. The van der Waals surface area contributed by atoms with Gasteiger partial charge in [0, 0.05) is 18.7 Å². The van der Waals surface area contributed by atoms with E-state index in [-0.39, 0.29) is 11.6 Å². The average molecular weight is 361 g/mol. The van der Waals surface area contributed by atoms with E-state index in [0.717, 1.165) is 50.5 Å². The van der Waals surface area contributed by atoms with Gasteiger partial charge in [0.2, 0.25) is 0 Å². The molecule has 0 bridgehead atoms. The van der Waals surface area contributed by atoms with Crippen molar-refractivity contribution >= 4 is 0 Å². The van der Waals surface area contributed by atoms with E-state index in [9.17, 15) is 0 Å².